The summed E-state index contributed by atoms with van der Waals surface area (Å²) >= 11 is 0. The molecule has 0 unspecified atom stereocenters. The second-order valence-electron chi connectivity index (χ2n) is 8.35. The van der Waals surface area contributed by atoms with Gasteiger partial charge in [0.2, 0.25) is 5.91 Å². The Hall–Kier alpha value is -3.64. The summed E-state index contributed by atoms with van der Waals surface area (Å²) in [5, 5.41) is 6.16. The fourth-order valence-electron chi connectivity index (χ4n) is 4.21. The van der Waals surface area contributed by atoms with E-state index in [2.05, 4.69) is 34.9 Å². The molecule has 6 heteroatoms. The van der Waals surface area contributed by atoms with Gasteiger partial charge in [-0.25, -0.2) is 0 Å². The molecule has 1 aliphatic rings. The van der Waals surface area contributed by atoms with E-state index in [4.69, 9.17) is 4.74 Å². The third-order valence-electron chi connectivity index (χ3n) is 6.02. The van der Waals surface area contributed by atoms with E-state index in [-0.39, 0.29) is 24.3 Å². The first-order chi connectivity index (χ1) is 16.7. The first kappa shape index (κ1) is 23.5. The van der Waals surface area contributed by atoms with Gasteiger partial charge in [-0.15, -0.1) is 0 Å². The maximum Gasteiger partial charge on any atom is 0.254 e. The molecule has 3 aromatic carbocycles. The third-order valence-corrected chi connectivity index (χ3v) is 6.02. The summed E-state index contributed by atoms with van der Waals surface area (Å²) < 4.78 is 5.32. The number of morpholine rings is 1. The summed E-state index contributed by atoms with van der Waals surface area (Å²) in [5.41, 5.74) is 3.84. The van der Waals surface area contributed by atoms with Crippen LogP contribution >= 0.6 is 0 Å². The largest absolute Gasteiger partial charge is 0.378 e. The van der Waals surface area contributed by atoms with Crippen LogP contribution in [-0.4, -0.2) is 56.1 Å². The molecule has 1 aliphatic heterocycles. The topological polar surface area (TPSA) is 70.7 Å². The van der Waals surface area contributed by atoms with E-state index in [1.807, 2.05) is 48.5 Å². The number of amides is 2. The van der Waals surface area contributed by atoms with Gasteiger partial charge in [0, 0.05) is 36.8 Å². The summed E-state index contributed by atoms with van der Waals surface area (Å²) in [6.45, 7) is 3.07. The lowest BCUT2D eigenvalue weighted by Gasteiger charge is -2.27. The van der Waals surface area contributed by atoms with E-state index in [0.29, 0.717) is 38.4 Å². The van der Waals surface area contributed by atoms with Crippen LogP contribution in [-0.2, 0) is 9.53 Å². The molecule has 6 nitrogen and oxygen atoms in total. The number of hydrogen-bond donors (Lipinski definition) is 2. The number of hydrogen-bond acceptors (Lipinski definition) is 4. The van der Waals surface area contributed by atoms with Crippen LogP contribution in [0.3, 0.4) is 0 Å². The van der Waals surface area contributed by atoms with Crippen LogP contribution in [0.15, 0.2) is 84.9 Å². The number of nitrogens with zero attached hydrogens (tertiary/aromatic N) is 1. The Morgan fingerprint density at radius 1 is 0.853 bits per heavy atom. The summed E-state index contributed by atoms with van der Waals surface area (Å²) in [7, 11) is 0. The number of anilines is 1. The molecule has 0 spiro atoms. The Bertz CT molecular complexity index is 1030. The van der Waals surface area contributed by atoms with Gasteiger partial charge in [0.05, 0.1) is 19.8 Å². The summed E-state index contributed by atoms with van der Waals surface area (Å²) in [5.74, 6) is 0.132. The van der Waals surface area contributed by atoms with Gasteiger partial charge >= 0.3 is 0 Å². The molecule has 0 aromatic heterocycles. The SMILES string of the molecule is O=C(CNc1cccc(C(=O)N2CCOCC2)c1)NCCC(c1ccccc1)c1ccccc1. The van der Waals surface area contributed by atoms with Crippen molar-refractivity contribution in [3.05, 3.63) is 102 Å². The third kappa shape index (κ3) is 6.45. The predicted octanol–water partition coefficient (Wildman–Crippen LogP) is 3.91. The van der Waals surface area contributed by atoms with Crippen LogP contribution in [0.4, 0.5) is 5.69 Å². The molecule has 4 rings (SSSR count). The molecule has 0 atom stereocenters. The van der Waals surface area contributed by atoms with Crippen molar-refractivity contribution in [3.8, 4) is 0 Å². The number of nitrogens with one attached hydrogen (secondary N) is 2. The molecule has 0 aliphatic carbocycles. The van der Waals surface area contributed by atoms with Crippen LogP contribution in [0.2, 0.25) is 0 Å². The highest BCUT2D eigenvalue weighted by Gasteiger charge is 2.19. The predicted molar refractivity (Wildman–Crippen MR) is 134 cm³/mol. The average molecular weight is 458 g/mol. The minimum atomic E-state index is -0.0789. The van der Waals surface area contributed by atoms with E-state index in [1.54, 1.807) is 17.0 Å². The van der Waals surface area contributed by atoms with Crippen LogP contribution in [0.5, 0.6) is 0 Å². The summed E-state index contributed by atoms with van der Waals surface area (Å²) in [4.78, 5) is 27.0. The fraction of sp³-hybridized carbons (Fsp3) is 0.286. The Morgan fingerprint density at radius 3 is 2.15 bits per heavy atom. The monoisotopic (exact) mass is 457 g/mol. The van der Waals surface area contributed by atoms with Crippen LogP contribution in [0, 0.1) is 0 Å². The standard InChI is InChI=1S/C28H31N3O3/c32-27(21-30-25-13-7-12-24(20-25)28(33)31-16-18-34-19-17-31)29-15-14-26(22-8-3-1-4-9-22)23-10-5-2-6-11-23/h1-13,20,26,30H,14-19,21H2,(H,29,32). The lowest BCUT2D eigenvalue weighted by molar-refractivity contribution is -0.119. The fourth-order valence-corrected chi connectivity index (χ4v) is 4.21. The van der Waals surface area contributed by atoms with Gasteiger partial charge in [0.1, 0.15) is 0 Å². The minimum absolute atomic E-state index is 0.00994. The van der Waals surface area contributed by atoms with Gasteiger partial charge in [-0.05, 0) is 35.7 Å². The first-order valence-corrected chi connectivity index (χ1v) is 11.8. The van der Waals surface area contributed by atoms with Gasteiger partial charge in [-0.3, -0.25) is 9.59 Å². The molecule has 2 amide bonds. The number of carbonyl (C=O) groups excluding carboxylic acids is 2. The van der Waals surface area contributed by atoms with Crippen molar-refractivity contribution < 1.29 is 14.3 Å². The Labute approximate surface area is 200 Å². The van der Waals surface area contributed by atoms with Crippen molar-refractivity contribution in [2.75, 3.05) is 44.7 Å². The van der Waals surface area contributed by atoms with E-state index in [9.17, 15) is 9.59 Å². The van der Waals surface area contributed by atoms with Crippen molar-refractivity contribution in [2.45, 2.75) is 12.3 Å². The first-order valence-electron chi connectivity index (χ1n) is 11.8. The second-order valence-corrected chi connectivity index (χ2v) is 8.35. The zero-order valence-corrected chi connectivity index (χ0v) is 19.3. The smallest absolute Gasteiger partial charge is 0.254 e. The van der Waals surface area contributed by atoms with Crippen LogP contribution < -0.4 is 10.6 Å². The summed E-state index contributed by atoms with van der Waals surface area (Å²) in [6.07, 6.45) is 0.809. The molecule has 176 valence electrons. The molecule has 1 heterocycles. The van der Waals surface area contributed by atoms with Gasteiger partial charge < -0.3 is 20.3 Å². The quantitative estimate of drug-likeness (QED) is 0.511. The second kappa shape index (κ2) is 12.0. The Kier molecular flexibility index (Phi) is 8.30. The molecule has 34 heavy (non-hydrogen) atoms. The molecule has 0 bridgehead atoms. The van der Waals surface area contributed by atoms with E-state index >= 15 is 0 Å². The van der Waals surface area contributed by atoms with Crippen molar-refractivity contribution in [1.82, 2.24) is 10.2 Å². The molecular formula is C28H31N3O3. The van der Waals surface area contributed by atoms with E-state index in [0.717, 1.165) is 12.1 Å². The van der Waals surface area contributed by atoms with Crippen molar-refractivity contribution in [1.29, 1.82) is 0 Å². The molecule has 0 saturated carbocycles. The molecular weight excluding hydrogens is 426 g/mol. The van der Waals surface area contributed by atoms with Crippen molar-refractivity contribution >= 4 is 17.5 Å². The Balaban J connectivity index is 1.28. The highest BCUT2D eigenvalue weighted by atomic mass is 16.5. The van der Waals surface area contributed by atoms with Gasteiger partial charge in [-0.1, -0.05) is 66.7 Å². The zero-order chi connectivity index (χ0) is 23.6. The maximum atomic E-state index is 12.7. The minimum Gasteiger partial charge on any atom is -0.378 e. The molecule has 1 fully saturated rings. The Morgan fingerprint density at radius 2 is 1.50 bits per heavy atom. The number of ether oxygens (including phenoxy) is 1. The lowest BCUT2D eigenvalue weighted by Crippen LogP contribution is -2.40. The van der Waals surface area contributed by atoms with Gasteiger partial charge in [-0.2, -0.15) is 0 Å². The summed E-state index contributed by atoms with van der Waals surface area (Å²) in [6, 6.07) is 28.0. The highest BCUT2D eigenvalue weighted by molar-refractivity contribution is 5.95. The van der Waals surface area contributed by atoms with E-state index < -0.39 is 0 Å². The van der Waals surface area contributed by atoms with Crippen molar-refractivity contribution in [3.63, 3.8) is 0 Å². The molecule has 1 saturated heterocycles. The number of rotatable bonds is 9. The van der Waals surface area contributed by atoms with Crippen LogP contribution in [0.25, 0.3) is 0 Å². The molecule has 3 aromatic rings. The zero-order valence-electron chi connectivity index (χ0n) is 19.3. The van der Waals surface area contributed by atoms with E-state index in [1.165, 1.54) is 11.1 Å². The normalized spacial score (nSPS) is 13.5. The number of benzene rings is 3. The average Bonchev–Trinajstić information content (AvgIpc) is 2.91. The number of carbonyl (C=O) groups is 2. The maximum absolute atomic E-state index is 12.7. The van der Waals surface area contributed by atoms with Crippen LogP contribution in [0.1, 0.15) is 33.8 Å². The van der Waals surface area contributed by atoms with Gasteiger partial charge in [0.15, 0.2) is 0 Å². The van der Waals surface area contributed by atoms with Gasteiger partial charge in [0.25, 0.3) is 5.91 Å². The van der Waals surface area contributed by atoms with Crippen molar-refractivity contribution in [2.24, 2.45) is 0 Å². The molecule has 2 N–H and O–H groups in total. The highest BCUT2D eigenvalue weighted by Crippen LogP contribution is 2.27. The lowest BCUT2D eigenvalue weighted by atomic mass is 9.88. The molecule has 0 radical (unpaired) electrons.